The number of benzene rings is 2. The van der Waals surface area contributed by atoms with Gasteiger partial charge in [-0.3, -0.25) is 9.59 Å². The van der Waals surface area contributed by atoms with E-state index in [1.165, 1.54) is 11.8 Å². The Labute approximate surface area is 169 Å². The number of carbonyl (C=O) groups excluding carboxylic acids is 2. The number of thioether (sulfide) groups is 1. The van der Waals surface area contributed by atoms with Gasteiger partial charge in [-0.1, -0.05) is 44.7 Å². The van der Waals surface area contributed by atoms with Gasteiger partial charge in [-0.15, -0.1) is 0 Å². The molecule has 0 spiro atoms. The highest BCUT2D eigenvalue weighted by molar-refractivity contribution is 7.99. The lowest BCUT2D eigenvalue weighted by Crippen LogP contribution is -2.10. The highest BCUT2D eigenvalue weighted by Gasteiger charge is 2.14. The summed E-state index contributed by atoms with van der Waals surface area (Å²) in [6.45, 7) is 7.01. The summed E-state index contributed by atoms with van der Waals surface area (Å²) in [6, 6.07) is 15.1. The molecule has 3 aromatic rings. The third-order valence-corrected chi connectivity index (χ3v) is 5.29. The van der Waals surface area contributed by atoms with Crippen molar-refractivity contribution in [2.45, 2.75) is 38.9 Å². The van der Waals surface area contributed by atoms with Gasteiger partial charge in [-0.05, 0) is 42.3 Å². The van der Waals surface area contributed by atoms with Crippen LogP contribution in [0.25, 0.3) is 11.0 Å². The number of carbonyl (C=O) groups is 2. The monoisotopic (exact) mass is 395 g/mol. The zero-order valence-corrected chi connectivity index (χ0v) is 17.3. The third-order valence-electron chi connectivity index (χ3n) is 4.31. The number of hydrogen-bond acceptors (Lipinski definition) is 4. The third kappa shape index (κ3) is 4.81. The molecule has 0 unspecified atom stereocenters. The molecule has 1 aromatic heterocycles. The summed E-state index contributed by atoms with van der Waals surface area (Å²) in [6.07, 6.45) is 0.425. The molecule has 0 bridgehead atoms. The molecule has 5 nitrogen and oxygen atoms in total. The van der Waals surface area contributed by atoms with Crippen molar-refractivity contribution in [3.05, 3.63) is 54.1 Å². The summed E-state index contributed by atoms with van der Waals surface area (Å²) in [7, 11) is 0. The Bertz CT molecular complexity index is 977. The molecule has 0 saturated heterocycles. The maximum Gasteiger partial charge on any atom is 0.224 e. The van der Waals surface area contributed by atoms with Crippen LogP contribution in [0.15, 0.2) is 53.7 Å². The number of imidazole rings is 1. The lowest BCUT2D eigenvalue weighted by molar-refractivity contribution is -0.115. The normalized spacial score (nSPS) is 11.1. The summed E-state index contributed by atoms with van der Waals surface area (Å²) in [5.74, 6) is 0.806. The SMILES string of the molecule is CCC(=O)Nc1ccc(C(=O)CSc2nc3ccccc3n2CC(C)C)cc1. The first-order valence-electron chi connectivity index (χ1n) is 9.49. The van der Waals surface area contributed by atoms with E-state index in [0.717, 1.165) is 22.7 Å². The van der Waals surface area contributed by atoms with Gasteiger partial charge < -0.3 is 9.88 Å². The van der Waals surface area contributed by atoms with Crippen molar-refractivity contribution in [1.82, 2.24) is 9.55 Å². The van der Waals surface area contributed by atoms with Gasteiger partial charge in [0.1, 0.15) is 0 Å². The summed E-state index contributed by atoms with van der Waals surface area (Å²) in [5.41, 5.74) is 3.39. The van der Waals surface area contributed by atoms with Gasteiger partial charge in [0.15, 0.2) is 10.9 Å². The molecule has 3 rings (SSSR count). The van der Waals surface area contributed by atoms with Crippen molar-refractivity contribution in [2.75, 3.05) is 11.1 Å². The molecule has 0 fully saturated rings. The maximum absolute atomic E-state index is 12.6. The zero-order chi connectivity index (χ0) is 20.1. The van der Waals surface area contributed by atoms with Gasteiger partial charge in [0.25, 0.3) is 0 Å². The maximum atomic E-state index is 12.6. The standard InChI is InChI=1S/C22H25N3O2S/c1-4-21(27)23-17-11-9-16(10-12-17)20(26)14-28-22-24-18-7-5-6-8-19(18)25(22)13-15(2)3/h5-12,15H,4,13-14H2,1-3H3,(H,23,27). The fraction of sp³-hybridized carbons (Fsp3) is 0.318. The fourth-order valence-corrected chi connectivity index (χ4v) is 3.83. The molecule has 6 heteroatoms. The second-order valence-electron chi connectivity index (χ2n) is 7.08. The number of nitrogens with zero attached hydrogens (tertiary/aromatic N) is 2. The summed E-state index contributed by atoms with van der Waals surface area (Å²) >= 11 is 1.47. The van der Waals surface area contributed by atoms with E-state index in [1.54, 1.807) is 31.2 Å². The molecule has 1 heterocycles. The van der Waals surface area contributed by atoms with Crippen molar-refractivity contribution in [3.63, 3.8) is 0 Å². The number of ketones is 1. The Morgan fingerprint density at radius 1 is 1.11 bits per heavy atom. The topological polar surface area (TPSA) is 64.0 Å². The van der Waals surface area contributed by atoms with Crippen LogP contribution in [0.2, 0.25) is 0 Å². The molecule has 0 saturated carbocycles. The van der Waals surface area contributed by atoms with E-state index >= 15 is 0 Å². The molecule has 0 radical (unpaired) electrons. The zero-order valence-electron chi connectivity index (χ0n) is 16.4. The van der Waals surface area contributed by atoms with Crippen molar-refractivity contribution >= 4 is 40.2 Å². The Hall–Kier alpha value is -2.60. The fourth-order valence-electron chi connectivity index (χ4n) is 2.91. The largest absolute Gasteiger partial charge is 0.326 e. The van der Waals surface area contributed by atoms with Crippen molar-refractivity contribution in [1.29, 1.82) is 0 Å². The predicted octanol–water partition coefficient (Wildman–Crippen LogP) is 5.02. The van der Waals surface area contributed by atoms with E-state index in [1.807, 2.05) is 18.2 Å². The van der Waals surface area contributed by atoms with Gasteiger partial charge in [-0.25, -0.2) is 4.98 Å². The van der Waals surface area contributed by atoms with Crippen molar-refractivity contribution < 1.29 is 9.59 Å². The van der Waals surface area contributed by atoms with Gasteiger partial charge in [0.2, 0.25) is 5.91 Å². The Morgan fingerprint density at radius 2 is 1.82 bits per heavy atom. The predicted molar refractivity (Wildman–Crippen MR) is 115 cm³/mol. The van der Waals surface area contributed by atoms with Crippen LogP contribution in [0, 0.1) is 5.92 Å². The smallest absolute Gasteiger partial charge is 0.224 e. The highest BCUT2D eigenvalue weighted by atomic mass is 32.2. The molecule has 1 N–H and O–H groups in total. The van der Waals surface area contributed by atoms with Gasteiger partial charge >= 0.3 is 0 Å². The number of hydrogen-bond donors (Lipinski definition) is 1. The van der Waals surface area contributed by atoms with Crippen LogP contribution < -0.4 is 5.32 Å². The summed E-state index contributed by atoms with van der Waals surface area (Å²) in [4.78, 5) is 28.8. The second kappa shape index (κ2) is 9.06. The highest BCUT2D eigenvalue weighted by Crippen LogP contribution is 2.26. The molecule has 2 aromatic carbocycles. The minimum Gasteiger partial charge on any atom is -0.326 e. The number of aromatic nitrogens is 2. The van der Waals surface area contributed by atoms with Gasteiger partial charge in [-0.2, -0.15) is 0 Å². The molecule has 0 aliphatic heterocycles. The van der Waals surface area contributed by atoms with Gasteiger partial charge in [0, 0.05) is 24.2 Å². The molecule has 1 amide bonds. The molecular formula is C22H25N3O2S. The number of rotatable bonds is 8. The van der Waals surface area contributed by atoms with E-state index in [9.17, 15) is 9.59 Å². The van der Waals surface area contributed by atoms with E-state index in [4.69, 9.17) is 4.98 Å². The Kier molecular flexibility index (Phi) is 6.52. The Morgan fingerprint density at radius 3 is 2.50 bits per heavy atom. The lowest BCUT2D eigenvalue weighted by Gasteiger charge is -2.11. The first-order valence-corrected chi connectivity index (χ1v) is 10.5. The first-order chi connectivity index (χ1) is 13.5. The van der Waals surface area contributed by atoms with Crippen LogP contribution >= 0.6 is 11.8 Å². The average molecular weight is 396 g/mol. The van der Waals surface area contributed by atoms with Crippen molar-refractivity contribution in [3.8, 4) is 0 Å². The number of Topliss-reactive ketones (excluding diaryl/α,β-unsaturated/α-hetero) is 1. The van der Waals surface area contributed by atoms with E-state index in [-0.39, 0.29) is 11.7 Å². The molecular weight excluding hydrogens is 370 g/mol. The summed E-state index contributed by atoms with van der Waals surface area (Å²) in [5, 5.41) is 3.66. The number of nitrogens with one attached hydrogen (secondary N) is 1. The van der Waals surface area contributed by atoms with Crippen LogP contribution in [-0.4, -0.2) is 27.0 Å². The lowest BCUT2D eigenvalue weighted by atomic mass is 10.1. The second-order valence-corrected chi connectivity index (χ2v) is 8.02. The molecule has 28 heavy (non-hydrogen) atoms. The van der Waals surface area contributed by atoms with Crippen LogP contribution in [0.1, 0.15) is 37.6 Å². The van der Waals surface area contributed by atoms with Crippen molar-refractivity contribution in [2.24, 2.45) is 5.92 Å². The van der Waals surface area contributed by atoms with E-state index in [0.29, 0.717) is 29.3 Å². The quantitative estimate of drug-likeness (QED) is 0.430. The molecule has 146 valence electrons. The van der Waals surface area contributed by atoms with Gasteiger partial charge in [0.05, 0.1) is 16.8 Å². The average Bonchev–Trinajstić information content (AvgIpc) is 3.03. The Balaban J connectivity index is 1.71. The molecule has 0 aliphatic rings. The number of para-hydroxylation sites is 2. The number of anilines is 1. The molecule has 0 aliphatic carbocycles. The van der Waals surface area contributed by atoms with E-state index in [2.05, 4.69) is 29.8 Å². The van der Waals surface area contributed by atoms with E-state index < -0.39 is 0 Å². The molecule has 0 atom stereocenters. The van der Waals surface area contributed by atoms with Crippen LogP contribution in [0.4, 0.5) is 5.69 Å². The summed E-state index contributed by atoms with van der Waals surface area (Å²) < 4.78 is 2.20. The minimum atomic E-state index is -0.0429. The van der Waals surface area contributed by atoms with Crippen LogP contribution in [0.3, 0.4) is 0 Å². The van der Waals surface area contributed by atoms with Crippen LogP contribution in [-0.2, 0) is 11.3 Å². The number of fused-ring (bicyclic) bond motifs is 1. The van der Waals surface area contributed by atoms with Crippen LogP contribution in [0.5, 0.6) is 0 Å². The number of amides is 1. The first kappa shape index (κ1) is 20.1. The minimum absolute atomic E-state index is 0.0429.